The monoisotopic (exact) mass is 1070 g/mol. The van der Waals surface area contributed by atoms with Crippen molar-refractivity contribution in [3.05, 3.63) is 0 Å². The van der Waals surface area contributed by atoms with E-state index in [0.29, 0.717) is 78.8 Å². The van der Waals surface area contributed by atoms with E-state index in [9.17, 15) is 0 Å². The van der Waals surface area contributed by atoms with Crippen LogP contribution >= 0.6 is 0 Å². The van der Waals surface area contributed by atoms with E-state index in [1.165, 1.54) is 96.3 Å². The van der Waals surface area contributed by atoms with Crippen molar-refractivity contribution < 1.29 is 68.4 Å². The van der Waals surface area contributed by atoms with Gasteiger partial charge in [0.05, 0.1) is 61.0 Å². The Morgan fingerprint density at radius 3 is 1.26 bits per heavy atom. The molecule has 11 aliphatic rings. The molecule has 0 aromatic heterocycles. The lowest BCUT2D eigenvalue weighted by Crippen LogP contribution is -2.66. The summed E-state index contributed by atoms with van der Waals surface area (Å²) in [7, 11) is -6.34. The number of ether oxygens (including phenoxy) is 5. The standard InChI is InChI=1S/C44H78O12Si5.3CH4O.2CH4/c1-45-57(22-17-32-9-14-37-42(27-32)49-37)53-60(46-2,23-18-33-10-15-38-43(28-33)50-38)56-61(24-19-34-11-16-39-44(29-34)51-39)54-58(20-3-5-30-7-12-35-40(25-30)47-35)52-59(55-61)21-4-6-31-8-13-36-41(26-31)48-36;3*1-2;;/h30-44,57-59H,3-29H2,1-2H3;3*2H,1H3;2*1H4. The summed E-state index contributed by atoms with van der Waals surface area (Å²) < 4.78 is 80.4. The van der Waals surface area contributed by atoms with Gasteiger partial charge < -0.3 is 68.4 Å². The molecule has 0 aromatic carbocycles. The SMILES string of the molecule is C.C.CO.CO.CO.CO[SiH](CCC1CCC2OC2C1)O[Si](CCC1CCC2OC2C1)(OC)O[Si]1(CCC2CCC3OC3C2)O[SiH](CCCC2CCC3OC3C2)O[SiH](CCCC2CCC3OC3C2)O1. The van der Waals surface area contributed by atoms with E-state index in [2.05, 4.69) is 0 Å². The molecule has 0 radical (unpaired) electrons. The lowest BCUT2D eigenvalue weighted by molar-refractivity contribution is 0.111. The maximum absolute atomic E-state index is 7.83. The summed E-state index contributed by atoms with van der Waals surface area (Å²) in [5.74, 6) is 3.39. The van der Waals surface area contributed by atoms with Crippen LogP contribution < -0.4 is 0 Å². The number of fused-ring (bicyclic) bond motifs is 5. The third-order valence-corrected chi connectivity index (χ3v) is 35.2. The van der Waals surface area contributed by atoms with Crippen molar-refractivity contribution in [3.63, 3.8) is 0 Å². The molecule has 20 heteroatoms. The van der Waals surface area contributed by atoms with Gasteiger partial charge in [0.25, 0.3) is 0 Å². The highest BCUT2D eigenvalue weighted by molar-refractivity contribution is 6.85. The molecule has 19 atom stereocenters. The fourth-order valence-corrected chi connectivity index (χ4v) is 34.9. The van der Waals surface area contributed by atoms with Crippen molar-refractivity contribution in [2.24, 2.45) is 29.6 Å². The van der Waals surface area contributed by atoms with E-state index in [1.54, 1.807) is 0 Å². The van der Waals surface area contributed by atoms with Crippen LogP contribution in [-0.4, -0.2) is 157 Å². The predicted octanol–water partition coefficient (Wildman–Crippen LogP) is 7.58. The Morgan fingerprint density at radius 1 is 0.507 bits per heavy atom. The maximum Gasteiger partial charge on any atom is 0.484 e. The van der Waals surface area contributed by atoms with E-state index >= 15 is 0 Å². The Hall–Kier alpha value is 0.484. The molecule has 5 saturated carbocycles. The van der Waals surface area contributed by atoms with Crippen LogP contribution in [0.4, 0.5) is 0 Å². The van der Waals surface area contributed by atoms with Crippen LogP contribution in [0.3, 0.4) is 0 Å². The van der Waals surface area contributed by atoms with E-state index in [4.69, 9.17) is 68.4 Å². The topological polar surface area (TPSA) is 188 Å². The van der Waals surface area contributed by atoms with Crippen molar-refractivity contribution >= 4 is 45.5 Å². The number of aliphatic hydroxyl groups excluding tert-OH is 3. The molecule has 404 valence electrons. The van der Waals surface area contributed by atoms with Crippen molar-refractivity contribution in [1.82, 2.24) is 0 Å². The lowest BCUT2D eigenvalue weighted by atomic mass is 9.86. The van der Waals surface area contributed by atoms with Crippen LogP contribution in [0.5, 0.6) is 0 Å². The molecule has 0 aromatic rings. The second kappa shape index (κ2) is 28.0. The molecule has 69 heavy (non-hydrogen) atoms. The molecular formula is C49H98O15Si5. The average Bonchev–Trinajstić information content (AvgIpc) is 4.13. The molecule has 6 saturated heterocycles. The zero-order valence-corrected chi connectivity index (χ0v) is 47.2. The molecule has 0 bridgehead atoms. The van der Waals surface area contributed by atoms with Gasteiger partial charge in [0.1, 0.15) is 0 Å². The molecule has 11 rings (SSSR count). The van der Waals surface area contributed by atoms with Gasteiger partial charge in [-0.3, -0.25) is 0 Å². The van der Waals surface area contributed by atoms with Crippen molar-refractivity contribution in [2.45, 2.75) is 247 Å². The van der Waals surface area contributed by atoms with Crippen molar-refractivity contribution in [3.8, 4) is 0 Å². The minimum atomic E-state index is -3.35. The van der Waals surface area contributed by atoms with Crippen molar-refractivity contribution in [2.75, 3.05) is 35.5 Å². The minimum Gasteiger partial charge on any atom is -0.420 e. The second-order valence-corrected chi connectivity index (χ2v) is 35.3. The van der Waals surface area contributed by atoms with Crippen LogP contribution in [0.15, 0.2) is 0 Å². The van der Waals surface area contributed by atoms with E-state index in [0.717, 1.165) is 108 Å². The highest BCUT2D eigenvalue weighted by Gasteiger charge is 2.59. The summed E-state index contributed by atoms with van der Waals surface area (Å²) in [6.07, 6.45) is 31.2. The highest BCUT2D eigenvalue weighted by Crippen LogP contribution is 2.47. The van der Waals surface area contributed by atoms with Crippen LogP contribution in [0.1, 0.15) is 156 Å². The van der Waals surface area contributed by atoms with Gasteiger partial charge in [0.2, 0.25) is 0 Å². The van der Waals surface area contributed by atoms with Gasteiger partial charge in [-0.05, 0) is 163 Å². The highest BCUT2D eigenvalue weighted by atomic mass is 28.5. The smallest absolute Gasteiger partial charge is 0.420 e. The van der Waals surface area contributed by atoms with Gasteiger partial charge in [0.15, 0.2) is 0 Å². The van der Waals surface area contributed by atoms with Crippen LogP contribution in [0.2, 0.25) is 30.2 Å². The molecule has 19 unspecified atom stereocenters. The van der Waals surface area contributed by atoms with Crippen LogP contribution in [0.25, 0.3) is 0 Å². The average molecular weight is 1070 g/mol. The molecule has 0 spiro atoms. The largest absolute Gasteiger partial charge is 0.484 e. The maximum atomic E-state index is 7.83. The lowest BCUT2D eigenvalue weighted by Gasteiger charge is -2.46. The number of aliphatic hydroxyl groups is 3. The first-order valence-corrected chi connectivity index (χ1v) is 36.1. The first-order chi connectivity index (χ1) is 32.9. The fraction of sp³-hybridized carbons (Fsp3) is 1.00. The summed E-state index contributed by atoms with van der Waals surface area (Å²) in [6, 6.07) is 4.61. The first-order valence-electron chi connectivity index (χ1n) is 27.0. The van der Waals surface area contributed by atoms with Gasteiger partial charge in [-0.2, -0.15) is 0 Å². The number of epoxide rings is 5. The van der Waals surface area contributed by atoms with Gasteiger partial charge >= 0.3 is 45.5 Å². The summed E-state index contributed by atoms with van der Waals surface area (Å²) in [6.45, 7) is 0. The number of hydrogen-bond acceptors (Lipinski definition) is 15. The zero-order valence-electron chi connectivity index (χ0n) is 41.7. The Labute approximate surface area is 424 Å². The summed E-state index contributed by atoms with van der Waals surface area (Å²) in [5.41, 5.74) is 0. The zero-order chi connectivity index (χ0) is 47.0. The summed E-state index contributed by atoms with van der Waals surface area (Å²) in [5, 5.41) is 21.0. The van der Waals surface area contributed by atoms with Crippen LogP contribution in [0, 0.1) is 29.6 Å². The minimum absolute atomic E-state index is 0. The number of rotatable bonds is 23. The molecule has 5 aliphatic carbocycles. The predicted molar refractivity (Wildman–Crippen MR) is 277 cm³/mol. The molecular weight excluding hydrogens is 969 g/mol. The van der Waals surface area contributed by atoms with Gasteiger partial charge in [-0.1, -0.05) is 40.5 Å². The van der Waals surface area contributed by atoms with E-state index in [-0.39, 0.29) is 14.9 Å². The van der Waals surface area contributed by atoms with Gasteiger partial charge in [-0.25, -0.2) is 0 Å². The Kier molecular flexibility index (Phi) is 23.9. The molecule has 6 heterocycles. The third-order valence-electron chi connectivity index (χ3n) is 17.3. The normalized spacial score (nSPS) is 42.7. The van der Waals surface area contributed by atoms with E-state index < -0.39 is 45.5 Å². The summed E-state index contributed by atoms with van der Waals surface area (Å²) in [4.78, 5) is 0. The molecule has 3 N–H and O–H groups in total. The second-order valence-electron chi connectivity index (χ2n) is 21.7. The molecule has 0 amide bonds. The molecule has 11 fully saturated rings. The first kappa shape index (κ1) is 58.7. The van der Waals surface area contributed by atoms with Crippen LogP contribution in [-0.2, 0) is 53.1 Å². The van der Waals surface area contributed by atoms with Crippen molar-refractivity contribution in [1.29, 1.82) is 0 Å². The summed E-state index contributed by atoms with van der Waals surface area (Å²) >= 11 is 0. The Morgan fingerprint density at radius 2 is 0.884 bits per heavy atom. The quantitative estimate of drug-likeness (QED) is 0.0671. The fourth-order valence-electron chi connectivity index (χ4n) is 13.1. The third kappa shape index (κ3) is 16.7. The molecule has 6 aliphatic heterocycles. The Balaban J connectivity index is 0.000000943. The number of hydrogen-bond donors (Lipinski definition) is 3. The van der Waals surface area contributed by atoms with E-state index in [1.807, 2.05) is 14.2 Å². The van der Waals surface area contributed by atoms with Gasteiger partial charge in [-0.15, -0.1) is 0 Å². The molecule has 15 nitrogen and oxygen atoms in total. The Bertz CT molecular complexity index is 1440. The van der Waals surface area contributed by atoms with Gasteiger partial charge in [0, 0.05) is 47.6 Å².